The summed E-state index contributed by atoms with van der Waals surface area (Å²) in [5.74, 6) is 0.601. The average molecular weight is 443 g/mol. The van der Waals surface area contributed by atoms with Gasteiger partial charge >= 0.3 is 0 Å². The van der Waals surface area contributed by atoms with E-state index in [4.69, 9.17) is 4.74 Å². The molecule has 0 bridgehead atoms. The lowest BCUT2D eigenvalue weighted by atomic mass is 10.00. The number of carbonyl (C=O) groups excluding carboxylic acids is 3. The third-order valence-corrected chi connectivity index (χ3v) is 6.29. The number of unbranched alkanes of at least 4 members (excludes halogenated alkanes) is 3. The van der Waals surface area contributed by atoms with Crippen LogP contribution < -0.4 is 15.4 Å². The van der Waals surface area contributed by atoms with Gasteiger partial charge in [0.05, 0.1) is 11.9 Å². The predicted octanol–water partition coefficient (Wildman–Crippen LogP) is 4.59. The van der Waals surface area contributed by atoms with Crippen LogP contribution in [0.1, 0.15) is 51.0 Å². The molecular formula is C24H30N2O4S. The standard InChI is InChI=1S/C24H30N2O4S/c1-2-3-4-7-14-25-22(27)11-8-15-30-20-13-12-17(18-9-5-6-10-19(18)20)16-21-23(28)26-24(29)31-21/h5-6,9-10,12-13,21H,2-4,7-8,11,14-16H2,1H3,(H,25,27)(H,26,28,29). The highest BCUT2D eigenvalue weighted by atomic mass is 32.2. The summed E-state index contributed by atoms with van der Waals surface area (Å²) in [6.45, 7) is 3.38. The van der Waals surface area contributed by atoms with E-state index >= 15 is 0 Å². The summed E-state index contributed by atoms with van der Waals surface area (Å²) in [6.07, 6.45) is 6.18. The monoisotopic (exact) mass is 442 g/mol. The first-order valence-electron chi connectivity index (χ1n) is 11.0. The summed E-state index contributed by atoms with van der Waals surface area (Å²) in [6, 6.07) is 11.8. The number of fused-ring (bicyclic) bond motifs is 1. The second-order valence-corrected chi connectivity index (χ2v) is 8.89. The van der Waals surface area contributed by atoms with Gasteiger partial charge in [-0.05, 0) is 36.3 Å². The van der Waals surface area contributed by atoms with Gasteiger partial charge in [-0.15, -0.1) is 0 Å². The van der Waals surface area contributed by atoms with Gasteiger partial charge in [0.1, 0.15) is 5.75 Å². The van der Waals surface area contributed by atoms with Crippen molar-refractivity contribution in [3.05, 3.63) is 42.0 Å². The zero-order valence-electron chi connectivity index (χ0n) is 17.9. The minimum atomic E-state index is -0.400. The summed E-state index contributed by atoms with van der Waals surface area (Å²) in [5, 5.41) is 6.60. The molecule has 0 saturated carbocycles. The summed E-state index contributed by atoms with van der Waals surface area (Å²) in [5.41, 5.74) is 1.01. The van der Waals surface area contributed by atoms with Crippen LogP contribution >= 0.6 is 11.8 Å². The van der Waals surface area contributed by atoms with Crippen molar-refractivity contribution in [1.29, 1.82) is 0 Å². The van der Waals surface area contributed by atoms with E-state index in [1.165, 1.54) is 12.8 Å². The van der Waals surface area contributed by atoms with Gasteiger partial charge in [0.15, 0.2) is 0 Å². The predicted molar refractivity (Wildman–Crippen MR) is 124 cm³/mol. The van der Waals surface area contributed by atoms with E-state index < -0.39 is 5.25 Å². The van der Waals surface area contributed by atoms with Crippen LogP contribution in [0.15, 0.2) is 36.4 Å². The third-order valence-electron chi connectivity index (χ3n) is 5.30. The van der Waals surface area contributed by atoms with E-state index in [1.807, 2.05) is 36.4 Å². The van der Waals surface area contributed by atoms with Crippen LogP contribution in [0.25, 0.3) is 10.8 Å². The van der Waals surface area contributed by atoms with Gasteiger partial charge < -0.3 is 10.1 Å². The van der Waals surface area contributed by atoms with Gasteiger partial charge in [-0.3, -0.25) is 19.7 Å². The van der Waals surface area contributed by atoms with Crippen LogP contribution in [0.5, 0.6) is 5.75 Å². The van der Waals surface area contributed by atoms with Gasteiger partial charge in [0.2, 0.25) is 11.8 Å². The molecule has 1 aliphatic heterocycles. The molecule has 2 aromatic carbocycles. The summed E-state index contributed by atoms with van der Waals surface area (Å²) in [4.78, 5) is 35.3. The Morgan fingerprint density at radius 3 is 2.61 bits per heavy atom. The Kier molecular flexibility index (Phi) is 8.76. The minimum absolute atomic E-state index is 0.0715. The number of benzene rings is 2. The lowest BCUT2D eigenvalue weighted by Gasteiger charge is -2.14. The molecule has 1 fully saturated rings. The summed E-state index contributed by atoms with van der Waals surface area (Å²) >= 11 is 1.04. The molecule has 0 spiro atoms. The second-order valence-electron chi connectivity index (χ2n) is 7.72. The van der Waals surface area contributed by atoms with Gasteiger partial charge in [-0.1, -0.05) is 68.3 Å². The van der Waals surface area contributed by atoms with Crippen LogP contribution in [-0.2, 0) is 16.0 Å². The van der Waals surface area contributed by atoms with Crippen LogP contribution in [0, 0.1) is 0 Å². The molecule has 1 aliphatic rings. The molecule has 2 N–H and O–H groups in total. The average Bonchev–Trinajstić information content (AvgIpc) is 3.08. The topological polar surface area (TPSA) is 84.5 Å². The Morgan fingerprint density at radius 2 is 1.87 bits per heavy atom. The van der Waals surface area contributed by atoms with Crippen LogP contribution in [-0.4, -0.2) is 35.5 Å². The van der Waals surface area contributed by atoms with E-state index in [9.17, 15) is 14.4 Å². The maximum Gasteiger partial charge on any atom is 0.286 e. The van der Waals surface area contributed by atoms with E-state index in [0.29, 0.717) is 25.9 Å². The largest absolute Gasteiger partial charge is 0.493 e. The number of ether oxygens (including phenoxy) is 1. The Bertz CT molecular complexity index is 931. The molecule has 6 nitrogen and oxygen atoms in total. The van der Waals surface area contributed by atoms with Crippen molar-refractivity contribution in [1.82, 2.24) is 10.6 Å². The molecule has 3 amide bonds. The number of thioether (sulfide) groups is 1. The maximum atomic E-state index is 11.9. The van der Waals surface area contributed by atoms with Gasteiger partial charge in [-0.2, -0.15) is 0 Å². The number of amides is 3. The maximum absolute atomic E-state index is 11.9. The SMILES string of the molecule is CCCCCCNC(=O)CCCOc1ccc(CC2SC(=O)NC2=O)c2ccccc12. The number of nitrogens with one attached hydrogen (secondary N) is 2. The van der Waals surface area contributed by atoms with Gasteiger partial charge in [0.25, 0.3) is 5.24 Å². The molecule has 3 rings (SSSR count). The molecule has 1 atom stereocenters. The molecule has 1 heterocycles. The van der Waals surface area contributed by atoms with Crippen molar-refractivity contribution >= 4 is 39.6 Å². The number of hydrogen-bond acceptors (Lipinski definition) is 5. The van der Waals surface area contributed by atoms with Gasteiger partial charge in [0, 0.05) is 18.4 Å². The highest BCUT2D eigenvalue weighted by Crippen LogP contribution is 2.32. The Balaban J connectivity index is 1.52. The summed E-state index contributed by atoms with van der Waals surface area (Å²) in [7, 11) is 0. The lowest BCUT2D eigenvalue weighted by molar-refractivity contribution is -0.121. The highest BCUT2D eigenvalue weighted by molar-refractivity contribution is 8.15. The molecule has 1 saturated heterocycles. The fraction of sp³-hybridized carbons (Fsp3) is 0.458. The smallest absolute Gasteiger partial charge is 0.286 e. The number of carbonyl (C=O) groups is 3. The van der Waals surface area contributed by atoms with E-state index in [0.717, 1.165) is 53.2 Å². The highest BCUT2D eigenvalue weighted by Gasteiger charge is 2.31. The Hall–Kier alpha value is -2.54. The van der Waals surface area contributed by atoms with Crippen LogP contribution in [0.3, 0.4) is 0 Å². The van der Waals surface area contributed by atoms with Crippen molar-refractivity contribution in [3.63, 3.8) is 0 Å². The Labute approximate surface area is 187 Å². The first-order valence-corrected chi connectivity index (χ1v) is 11.9. The molecule has 0 radical (unpaired) electrons. The molecule has 0 aromatic heterocycles. The fourth-order valence-corrected chi connectivity index (χ4v) is 4.49. The van der Waals surface area contributed by atoms with Crippen LogP contribution in [0.2, 0.25) is 0 Å². The lowest BCUT2D eigenvalue weighted by Crippen LogP contribution is -2.25. The Morgan fingerprint density at radius 1 is 1.06 bits per heavy atom. The van der Waals surface area contributed by atoms with E-state index in [-0.39, 0.29) is 17.1 Å². The van der Waals surface area contributed by atoms with Gasteiger partial charge in [-0.25, -0.2) is 0 Å². The zero-order valence-corrected chi connectivity index (χ0v) is 18.8. The van der Waals surface area contributed by atoms with Crippen molar-refractivity contribution in [2.75, 3.05) is 13.2 Å². The first-order chi connectivity index (χ1) is 15.1. The number of rotatable bonds is 12. The van der Waals surface area contributed by atoms with Crippen molar-refractivity contribution in [2.24, 2.45) is 0 Å². The molecule has 2 aromatic rings. The van der Waals surface area contributed by atoms with E-state index in [1.54, 1.807) is 0 Å². The van der Waals surface area contributed by atoms with Crippen LogP contribution in [0.4, 0.5) is 4.79 Å². The minimum Gasteiger partial charge on any atom is -0.493 e. The molecule has 0 aliphatic carbocycles. The quantitative estimate of drug-likeness (QED) is 0.470. The third kappa shape index (κ3) is 6.72. The first kappa shape index (κ1) is 23.1. The second kappa shape index (κ2) is 11.7. The molecular weight excluding hydrogens is 412 g/mol. The summed E-state index contributed by atoms with van der Waals surface area (Å²) < 4.78 is 5.97. The van der Waals surface area contributed by atoms with E-state index in [2.05, 4.69) is 17.6 Å². The number of hydrogen-bond donors (Lipinski definition) is 2. The molecule has 1 unspecified atom stereocenters. The number of imide groups is 1. The fourth-order valence-electron chi connectivity index (χ4n) is 3.65. The normalized spacial score (nSPS) is 15.8. The molecule has 31 heavy (non-hydrogen) atoms. The molecule has 7 heteroatoms. The zero-order chi connectivity index (χ0) is 22.1. The molecule has 166 valence electrons. The van der Waals surface area contributed by atoms with Crippen molar-refractivity contribution in [2.45, 2.75) is 57.1 Å². The van der Waals surface area contributed by atoms with Crippen molar-refractivity contribution < 1.29 is 19.1 Å². The van der Waals surface area contributed by atoms with Crippen molar-refractivity contribution in [3.8, 4) is 5.75 Å².